The van der Waals surface area contributed by atoms with E-state index in [0.29, 0.717) is 12.8 Å². The molecule has 1 saturated carbocycles. The summed E-state index contributed by atoms with van der Waals surface area (Å²) in [6.07, 6.45) is 14.3. The quantitative estimate of drug-likeness (QED) is 0.0192. The number of rotatable bonds is 32. The molecule has 0 radical (unpaired) electrons. The summed E-state index contributed by atoms with van der Waals surface area (Å²) in [5.41, 5.74) is 0. The van der Waals surface area contributed by atoms with Crippen molar-refractivity contribution in [3.63, 3.8) is 0 Å². The van der Waals surface area contributed by atoms with Gasteiger partial charge in [-0.15, -0.1) is 0 Å². The monoisotopic (exact) mass is 766 g/mol. The maximum Gasteiger partial charge on any atom is 0.472 e. The van der Waals surface area contributed by atoms with Crippen molar-refractivity contribution in [3.05, 3.63) is 12.2 Å². The minimum atomic E-state index is -5.10. The van der Waals surface area contributed by atoms with Crippen molar-refractivity contribution < 1.29 is 63.1 Å². The average molecular weight is 767 g/mol. The van der Waals surface area contributed by atoms with Gasteiger partial charge in [0.1, 0.15) is 43.2 Å². The van der Waals surface area contributed by atoms with Gasteiger partial charge in [0.15, 0.2) is 6.10 Å². The predicted octanol–water partition coefficient (Wildman–Crippen LogP) is 6.33. The van der Waals surface area contributed by atoms with E-state index >= 15 is 0 Å². The summed E-state index contributed by atoms with van der Waals surface area (Å²) in [6, 6.07) is 0. The van der Waals surface area contributed by atoms with E-state index in [9.17, 15) is 44.6 Å². The Balaban J connectivity index is 2.54. The lowest BCUT2D eigenvalue weighted by atomic mass is 9.85. The molecule has 0 amide bonds. The molecule has 0 saturated heterocycles. The maximum atomic E-state index is 12.7. The molecule has 0 heterocycles. The summed E-state index contributed by atoms with van der Waals surface area (Å²) < 4.78 is 33.3. The fraction of sp³-hybridized carbons (Fsp3) is 0.895. The number of phosphoric acid groups is 1. The Labute approximate surface area is 312 Å². The van der Waals surface area contributed by atoms with Crippen LogP contribution in [0.25, 0.3) is 0 Å². The summed E-state index contributed by atoms with van der Waals surface area (Å²) in [7, 11) is -5.10. The predicted molar refractivity (Wildman–Crippen MR) is 198 cm³/mol. The summed E-state index contributed by atoms with van der Waals surface area (Å²) in [5.74, 6) is -1.11. The number of esters is 2. The van der Waals surface area contributed by atoms with Crippen LogP contribution in [0.15, 0.2) is 12.2 Å². The molecule has 0 aromatic rings. The topological polar surface area (TPSA) is 210 Å². The highest BCUT2D eigenvalue weighted by atomic mass is 31.2. The van der Waals surface area contributed by atoms with Gasteiger partial charge in [-0.1, -0.05) is 122 Å². The molecular weight excluding hydrogens is 695 g/mol. The molecular formula is C38H71O13P. The van der Waals surface area contributed by atoms with Crippen LogP contribution < -0.4 is 0 Å². The number of ether oxygens (including phenoxy) is 2. The highest BCUT2D eigenvalue weighted by Crippen LogP contribution is 2.47. The smallest absolute Gasteiger partial charge is 0.462 e. The Morgan fingerprint density at radius 3 is 1.50 bits per heavy atom. The van der Waals surface area contributed by atoms with Crippen LogP contribution in [0.1, 0.15) is 162 Å². The Bertz CT molecular complexity index is 980. The first-order valence-electron chi connectivity index (χ1n) is 20.0. The molecule has 1 fully saturated rings. The number of unbranched alkanes of at least 4 members (excludes halogenated alkanes) is 18. The molecule has 13 nitrogen and oxygen atoms in total. The lowest BCUT2D eigenvalue weighted by Gasteiger charge is -2.41. The number of hydrogen-bond donors (Lipinski definition) is 6. The standard InChI is InChI=1S/C38H71O13P/c1-3-5-7-9-11-13-15-17-19-21-23-25-27-32(40)50-30(28-48-31(39)26-24-22-20-18-16-14-12-10-8-6-4-2)29-49-52(46,47)51-38-36(44)34(42)33(41)35(43)37(38)45/h11,13,30,33-38,41-45H,3-10,12,14-29H2,1-2H3,(H,46,47)/b13-11-/t30-,33?,34-,35?,36?,37?,38?/m1/s1. The number of allylic oxidation sites excluding steroid dienone is 2. The Morgan fingerprint density at radius 1 is 0.577 bits per heavy atom. The van der Waals surface area contributed by atoms with Crippen LogP contribution in [0.2, 0.25) is 0 Å². The van der Waals surface area contributed by atoms with Crippen molar-refractivity contribution in [2.45, 2.75) is 204 Å². The first-order valence-corrected chi connectivity index (χ1v) is 21.5. The minimum absolute atomic E-state index is 0.0896. The molecule has 1 aliphatic carbocycles. The second-order valence-electron chi connectivity index (χ2n) is 14.1. The number of aliphatic hydroxyl groups excluding tert-OH is 5. The number of aliphatic hydroxyl groups is 5. The third-order valence-corrected chi connectivity index (χ3v) is 10.3. The van der Waals surface area contributed by atoms with Gasteiger partial charge in [-0.25, -0.2) is 4.57 Å². The largest absolute Gasteiger partial charge is 0.472 e. The third-order valence-electron chi connectivity index (χ3n) is 9.36. The molecule has 0 aliphatic heterocycles. The second-order valence-corrected chi connectivity index (χ2v) is 15.5. The van der Waals surface area contributed by atoms with Gasteiger partial charge in [0.05, 0.1) is 6.61 Å². The van der Waals surface area contributed by atoms with Crippen molar-refractivity contribution in [3.8, 4) is 0 Å². The van der Waals surface area contributed by atoms with Crippen LogP contribution in [-0.4, -0.2) is 98.3 Å². The van der Waals surface area contributed by atoms with Gasteiger partial charge in [-0.2, -0.15) is 0 Å². The van der Waals surface area contributed by atoms with Crippen LogP contribution >= 0.6 is 7.82 Å². The molecule has 14 heteroatoms. The van der Waals surface area contributed by atoms with Crippen molar-refractivity contribution in [2.75, 3.05) is 13.2 Å². The van der Waals surface area contributed by atoms with Gasteiger partial charge in [0.2, 0.25) is 0 Å². The highest BCUT2D eigenvalue weighted by molar-refractivity contribution is 7.47. The SMILES string of the molecule is CCCCC/C=C\CCCCCCCC(=O)O[C@H](COC(=O)CCCCCCCCCCCCC)COP(=O)(O)OC1C(O)C(O)C(O)[C@@H](O)C1O. The van der Waals surface area contributed by atoms with Crippen molar-refractivity contribution in [1.82, 2.24) is 0 Å². The molecule has 1 rings (SSSR count). The normalized spacial score (nSPS) is 23.8. The van der Waals surface area contributed by atoms with E-state index in [1.165, 1.54) is 64.2 Å². The van der Waals surface area contributed by atoms with Crippen LogP contribution in [-0.2, 0) is 32.7 Å². The maximum absolute atomic E-state index is 12.7. The van der Waals surface area contributed by atoms with Crippen LogP contribution in [0, 0.1) is 0 Å². The van der Waals surface area contributed by atoms with Gasteiger partial charge >= 0.3 is 19.8 Å². The first kappa shape index (κ1) is 48.6. The van der Waals surface area contributed by atoms with Crippen LogP contribution in [0.3, 0.4) is 0 Å². The van der Waals surface area contributed by atoms with E-state index in [0.717, 1.165) is 57.8 Å². The number of carbonyl (C=O) groups excluding carboxylic acids is 2. The summed E-state index contributed by atoms with van der Waals surface area (Å²) in [4.78, 5) is 35.4. The molecule has 0 spiro atoms. The van der Waals surface area contributed by atoms with Gasteiger partial charge in [-0.3, -0.25) is 18.6 Å². The van der Waals surface area contributed by atoms with Gasteiger partial charge < -0.3 is 39.9 Å². The van der Waals surface area contributed by atoms with E-state index in [2.05, 4.69) is 26.0 Å². The zero-order valence-electron chi connectivity index (χ0n) is 31.9. The number of hydrogen-bond acceptors (Lipinski definition) is 12. The molecule has 6 unspecified atom stereocenters. The van der Waals surface area contributed by atoms with E-state index in [1.807, 2.05) is 0 Å². The highest BCUT2D eigenvalue weighted by Gasteiger charge is 2.51. The van der Waals surface area contributed by atoms with Gasteiger partial charge in [0, 0.05) is 12.8 Å². The van der Waals surface area contributed by atoms with Gasteiger partial charge in [-0.05, 0) is 38.5 Å². The van der Waals surface area contributed by atoms with Crippen molar-refractivity contribution in [1.29, 1.82) is 0 Å². The van der Waals surface area contributed by atoms with Crippen molar-refractivity contribution >= 4 is 19.8 Å². The summed E-state index contributed by atoms with van der Waals surface area (Å²) in [6.45, 7) is 3.23. The fourth-order valence-electron chi connectivity index (χ4n) is 6.05. The molecule has 0 aromatic heterocycles. The van der Waals surface area contributed by atoms with Gasteiger partial charge in [0.25, 0.3) is 0 Å². The zero-order valence-corrected chi connectivity index (χ0v) is 32.8. The third kappa shape index (κ3) is 22.7. The van der Waals surface area contributed by atoms with E-state index in [1.54, 1.807) is 0 Å². The molecule has 0 aromatic carbocycles. The molecule has 1 aliphatic rings. The fourth-order valence-corrected chi connectivity index (χ4v) is 7.02. The van der Waals surface area contributed by atoms with Crippen LogP contribution in [0.4, 0.5) is 0 Å². The van der Waals surface area contributed by atoms with E-state index < -0.39 is 75.7 Å². The average Bonchev–Trinajstić information content (AvgIpc) is 3.12. The zero-order chi connectivity index (χ0) is 38.6. The lowest BCUT2D eigenvalue weighted by molar-refractivity contribution is -0.220. The Hall–Kier alpha value is -1.41. The van der Waals surface area contributed by atoms with Crippen molar-refractivity contribution in [2.24, 2.45) is 0 Å². The molecule has 8 atom stereocenters. The lowest BCUT2D eigenvalue weighted by Crippen LogP contribution is -2.64. The molecule has 52 heavy (non-hydrogen) atoms. The van der Waals surface area contributed by atoms with Crippen LogP contribution in [0.5, 0.6) is 0 Å². The second kappa shape index (κ2) is 29.9. The minimum Gasteiger partial charge on any atom is -0.462 e. The van der Waals surface area contributed by atoms with E-state index in [-0.39, 0.29) is 12.8 Å². The summed E-state index contributed by atoms with van der Waals surface area (Å²) >= 11 is 0. The number of carbonyl (C=O) groups is 2. The Kier molecular flexibility index (Phi) is 27.9. The van der Waals surface area contributed by atoms with E-state index in [4.69, 9.17) is 18.5 Å². The number of phosphoric ester groups is 1. The molecule has 0 bridgehead atoms. The molecule has 6 N–H and O–H groups in total. The summed E-state index contributed by atoms with van der Waals surface area (Å²) in [5, 5.41) is 49.9. The molecule has 306 valence electrons. The first-order chi connectivity index (χ1) is 24.9. The Morgan fingerprint density at radius 2 is 0.981 bits per heavy atom.